The fourth-order valence-corrected chi connectivity index (χ4v) is 4.77. The number of nitrogens with one attached hydrogen (secondary N) is 1. The minimum absolute atomic E-state index is 0.0753. The third-order valence-electron chi connectivity index (χ3n) is 5.65. The zero-order valence-corrected chi connectivity index (χ0v) is 20.7. The molecule has 0 unspecified atom stereocenters. The normalized spacial score (nSPS) is 12.3. The Bertz CT molecular complexity index is 698. The van der Waals surface area contributed by atoms with Gasteiger partial charge in [-0.1, -0.05) is 92.1 Å². The summed E-state index contributed by atoms with van der Waals surface area (Å²) in [5.41, 5.74) is 0.972. The number of hydrogen-bond donors (Lipinski definition) is 1. The number of benzene rings is 1. The Kier molecular flexibility index (Phi) is 12.7. The van der Waals surface area contributed by atoms with Crippen LogP contribution in [0, 0.1) is 6.42 Å². The molecule has 0 atom stereocenters. The van der Waals surface area contributed by atoms with E-state index in [1.807, 2.05) is 25.1 Å². The lowest BCUT2D eigenvalue weighted by Crippen LogP contribution is -2.26. The molecule has 1 aromatic rings. The maximum absolute atomic E-state index is 12.9. The van der Waals surface area contributed by atoms with Crippen molar-refractivity contribution in [1.82, 2.24) is 4.72 Å². The van der Waals surface area contributed by atoms with Crippen LogP contribution in [-0.4, -0.2) is 21.6 Å². The molecule has 1 aromatic carbocycles. The lowest BCUT2D eigenvalue weighted by molar-refractivity contribution is 0.296. The molecule has 0 aromatic heterocycles. The Morgan fingerprint density at radius 1 is 0.967 bits per heavy atom. The summed E-state index contributed by atoms with van der Waals surface area (Å²) in [4.78, 5) is 0.261. The Balaban J connectivity index is 2.96. The number of rotatable bonds is 17. The van der Waals surface area contributed by atoms with E-state index in [-0.39, 0.29) is 10.3 Å². The second kappa shape index (κ2) is 14.1. The van der Waals surface area contributed by atoms with Gasteiger partial charge in [0.2, 0.25) is 10.0 Å². The van der Waals surface area contributed by atoms with Crippen molar-refractivity contribution in [1.29, 1.82) is 0 Å². The maximum atomic E-state index is 12.9. The van der Waals surface area contributed by atoms with Crippen LogP contribution in [0.3, 0.4) is 0 Å². The lowest BCUT2D eigenvalue weighted by Gasteiger charge is -2.26. The molecule has 1 radical (unpaired) electrons. The summed E-state index contributed by atoms with van der Waals surface area (Å²) >= 11 is 0. The number of ether oxygens (including phenoxy) is 1. The van der Waals surface area contributed by atoms with Gasteiger partial charge in [0, 0.05) is 6.54 Å². The van der Waals surface area contributed by atoms with Gasteiger partial charge in [0.1, 0.15) is 10.6 Å². The van der Waals surface area contributed by atoms with Crippen LogP contribution < -0.4 is 9.46 Å². The minimum Gasteiger partial charge on any atom is -0.492 e. The molecule has 0 saturated heterocycles. The van der Waals surface area contributed by atoms with Crippen LogP contribution in [0.2, 0.25) is 0 Å². The van der Waals surface area contributed by atoms with Gasteiger partial charge in [0.15, 0.2) is 0 Å². The summed E-state index contributed by atoms with van der Waals surface area (Å²) in [6.45, 7) is 11.5. The molecule has 30 heavy (non-hydrogen) atoms. The lowest BCUT2D eigenvalue weighted by atomic mass is 9.80. The molecular weight excluding hydrogens is 394 g/mol. The molecule has 0 spiro atoms. The first-order valence-corrected chi connectivity index (χ1v) is 13.3. The van der Waals surface area contributed by atoms with E-state index in [0.29, 0.717) is 18.9 Å². The Morgan fingerprint density at radius 2 is 1.60 bits per heavy atom. The highest BCUT2D eigenvalue weighted by atomic mass is 32.2. The Labute approximate surface area is 186 Å². The Hall–Kier alpha value is -1.07. The minimum atomic E-state index is -3.62. The smallest absolute Gasteiger partial charge is 0.244 e. The van der Waals surface area contributed by atoms with Crippen LogP contribution in [0.5, 0.6) is 5.75 Å². The third kappa shape index (κ3) is 9.38. The summed E-state index contributed by atoms with van der Waals surface area (Å²) < 4.78 is 34.5. The van der Waals surface area contributed by atoms with Crippen LogP contribution in [0.25, 0.3) is 0 Å². The molecule has 0 aliphatic carbocycles. The van der Waals surface area contributed by atoms with Gasteiger partial charge >= 0.3 is 0 Å². The first-order chi connectivity index (χ1) is 14.3. The summed E-state index contributed by atoms with van der Waals surface area (Å²) in [6.07, 6.45) is 13.4. The van der Waals surface area contributed by atoms with E-state index in [9.17, 15) is 8.42 Å². The van der Waals surface area contributed by atoms with Gasteiger partial charge in [0.05, 0.1) is 6.61 Å². The van der Waals surface area contributed by atoms with Gasteiger partial charge in [-0.3, -0.25) is 0 Å². The third-order valence-corrected chi connectivity index (χ3v) is 7.10. The van der Waals surface area contributed by atoms with Gasteiger partial charge in [-0.15, -0.1) is 0 Å². The van der Waals surface area contributed by atoms with Crippen molar-refractivity contribution in [3.8, 4) is 5.75 Å². The zero-order valence-electron chi connectivity index (χ0n) is 19.9. The monoisotopic (exact) mass is 438 g/mol. The molecule has 0 aliphatic heterocycles. The second-order valence-corrected chi connectivity index (χ2v) is 10.6. The van der Waals surface area contributed by atoms with Gasteiger partial charge in [-0.25, -0.2) is 13.1 Å². The van der Waals surface area contributed by atoms with E-state index < -0.39 is 10.0 Å². The quantitative estimate of drug-likeness (QED) is 0.273. The average Bonchev–Trinajstić information content (AvgIpc) is 2.71. The Morgan fingerprint density at radius 3 is 2.27 bits per heavy atom. The molecule has 0 fully saturated rings. The van der Waals surface area contributed by atoms with Crippen molar-refractivity contribution in [2.75, 3.05) is 13.2 Å². The summed E-state index contributed by atoms with van der Waals surface area (Å²) in [5.74, 6) is 0.459. The van der Waals surface area contributed by atoms with Gasteiger partial charge < -0.3 is 4.74 Å². The molecule has 1 rings (SSSR count). The van der Waals surface area contributed by atoms with Crippen LogP contribution in [0.15, 0.2) is 23.1 Å². The molecule has 0 heterocycles. The highest BCUT2D eigenvalue weighted by Crippen LogP contribution is 2.34. The molecule has 5 heteroatoms. The van der Waals surface area contributed by atoms with Crippen molar-refractivity contribution < 1.29 is 13.2 Å². The fraction of sp³-hybridized carbons (Fsp3) is 0.720. The number of unbranched alkanes of at least 4 members (excludes halogenated alkanes) is 7. The fourth-order valence-electron chi connectivity index (χ4n) is 3.55. The SMILES string of the molecule is C[CH]CNS(=O)(=O)c1cc(C(C)(C)CCCCC)ccc1OCCCCCCCC. The highest BCUT2D eigenvalue weighted by molar-refractivity contribution is 7.89. The van der Waals surface area contributed by atoms with Crippen molar-refractivity contribution in [3.63, 3.8) is 0 Å². The molecule has 1 N–H and O–H groups in total. The topological polar surface area (TPSA) is 55.4 Å². The van der Waals surface area contributed by atoms with E-state index in [1.165, 1.54) is 38.5 Å². The number of hydrogen-bond acceptors (Lipinski definition) is 3. The predicted molar refractivity (Wildman–Crippen MR) is 128 cm³/mol. The predicted octanol–water partition coefficient (Wildman–Crippen LogP) is 6.79. The second-order valence-electron chi connectivity index (χ2n) is 8.88. The molecule has 0 aliphatic rings. The van der Waals surface area contributed by atoms with Crippen molar-refractivity contribution in [3.05, 3.63) is 30.2 Å². The van der Waals surface area contributed by atoms with Crippen LogP contribution >= 0.6 is 0 Å². The van der Waals surface area contributed by atoms with Gasteiger partial charge in [-0.2, -0.15) is 0 Å². The van der Waals surface area contributed by atoms with Crippen molar-refractivity contribution in [2.45, 2.75) is 109 Å². The highest BCUT2D eigenvalue weighted by Gasteiger charge is 2.26. The zero-order chi connectivity index (χ0) is 22.5. The molecule has 0 saturated carbocycles. The average molecular weight is 439 g/mol. The first-order valence-electron chi connectivity index (χ1n) is 11.8. The van der Waals surface area contributed by atoms with Gasteiger partial charge in [-0.05, 0) is 42.4 Å². The molecular formula is C25H44NO3S. The summed E-state index contributed by atoms with van der Waals surface area (Å²) in [6, 6.07) is 5.70. The van der Waals surface area contributed by atoms with Gasteiger partial charge in [0.25, 0.3) is 0 Å². The van der Waals surface area contributed by atoms with E-state index >= 15 is 0 Å². The number of sulfonamides is 1. The van der Waals surface area contributed by atoms with E-state index in [4.69, 9.17) is 4.74 Å². The van der Waals surface area contributed by atoms with Crippen LogP contribution in [-0.2, 0) is 15.4 Å². The largest absolute Gasteiger partial charge is 0.492 e. The standard InChI is InChI=1S/C25H44NO3S/c1-6-9-11-12-13-15-20-29-23-17-16-22(25(4,5)18-14-10-7-2)21-24(23)30(27,28)26-19-8-3/h8,16-17,21,26H,6-7,9-15,18-20H2,1-5H3. The molecule has 4 nitrogen and oxygen atoms in total. The van der Waals surface area contributed by atoms with Crippen molar-refractivity contribution >= 4 is 10.0 Å². The first kappa shape index (κ1) is 27.0. The van der Waals surface area contributed by atoms with E-state index in [2.05, 4.69) is 32.4 Å². The van der Waals surface area contributed by atoms with Crippen LogP contribution in [0.1, 0.15) is 104 Å². The van der Waals surface area contributed by atoms with E-state index in [0.717, 1.165) is 31.2 Å². The molecule has 173 valence electrons. The molecule has 0 amide bonds. The summed E-state index contributed by atoms with van der Waals surface area (Å²) in [5, 5.41) is 0. The molecule has 0 bridgehead atoms. The summed E-state index contributed by atoms with van der Waals surface area (Å²) in [7, 11) is -3.62. The van der Waals surface area contributed by atoms with E-state index in [1.54, 1.807) is 6.42 Å². The van der Waals surface area contributed by atoms with Crippen molar-refractivity contribution in [2.24, 2.45) is 0 Å². The maximum Gasteiger partial charge on any atom is 0.244 e. The van der Waals surface area contributed by atoms with Crippen LogP contribution in [0.4, 0.5) is 0 Å².